The molecule has 0 saturated carbocycles. The summed E-state index contributed by atoms with van der Waals surface area (Å²) in [7, 11) is 0. The number of hydrogen-bond donors (Lipinski definition) is 1. The van der Waals surface area contributed by atoms with Crippen molar-refractivity contribution in [3.8, 4) is 0 Å². The molecule has 2 nitrogen and oxygen atoms in total. The van der Waals surface area contributed by atoms with Crippen LogP contribution in [0.1, 0.15) is 26.7 Å². The zero-order valence-electron chi connectivity index (χ0n) is 12.4. The first-order chi connectivity index (χ1) is 9.95. The molecule has 1 aliphatic rings. The molecule has 1 heterocycles. The van der Waals surface area contributed by atoms with Gasteiger partial charge in [0.25, 0.3) is 0 Å². The Morgan fingerprint density at radius 2 is 2.00 bits per heavy atom. The maximum Gasteiger partial charge on any atom is 0.150 e. The average Bonchev–Trinajstić information content (AvgIpc) is 2.41. The quantitative estimate of drug-likeness (QED) is 0.793. The number of hydrogen-bond acceptors (Lipinski definition) is 2. The Bertz CT molecular complexity index is 496. The van der Waals surface area contributed by atoms with Gasteiger partial charge in [0.15, 0.2) is 0 Å². The summed E-state index contributed by atoms with van der Waals surface area (Å²) in [6.07, 6.45) is 4.14. The molecule has 1 aliphatic heterocycles. The Kier molecular flexibility index (Phi) is 5.76. The first-order valence-electron chi connectivity index (χ1n) is 7.22. The monoisotopic (exact) mass is 358 g/mol. The summed E-state index contributed by atoms with van der Waals surface area (Å²) >= 11 is 3.22. The molecule has 1 aromatic rings. The minimum atomic E-state index is -0.568. The van der Waals surface area contributed by atoms with Crippen LogP contribution in [-0.4, -0.2) is 30.6 Å². The van der Waals surface area contributed by atoms with Gasteiger partial charge in [-0.2, -0.15) is 0 Å². The molecule has 0 amide bonds. The van der Waals surface area contributed by atoms with Crippen LogP contribution in [0, 0.1) is 11.6 Å². The lowest BCUT2D eigenvalue weighted by Crippen LogP contribution is -2.39. The molecule has 1 aromatic carbocycles. The van der Waals surface area contributed by atoms with Gasteiger partial charge in [-0.1, -0.05) is 11.6 Å². The van der Waals surface area contributed by atoms with Gasteiger partial charge in [0.1, 0.15) is 11.6 Å². The van der Waals surface area contributed by atoms with Crippen molar-refractivity contribution in [1.29, 1.82) is 0 Å². The fraction of sp³-hybridized carbons (Fsp3) is 0.500. The summed E-state index contributed by atoms with van der Waals surface area (Å²) in [5.74, 6) is -1.12. The van der Waals surface area contributed by atoms with Gasteiger partial charge in [0.2, 0.25) is 0 Å². The maximum atomic E-state index is 13.8. The van der Waals surface area contributed by atoms with E-state index in [0.717, 1.165) is 38.5 Å². The van der Waals surface area contributed by atoms with Gasteiger partial charge in [0, 0.05) is 36.2 Å². The third kappa shape index (κ3) is 4.78. The van der Waals surface area contributed by atoms with Crippen molar-refractivity contribution in [2.24, 2.45) is 0 Å². The number of allylic oxidation sites excluding steroid dienone is 1. The van der Waals surface area contributed by atoms with Gasteiger partial charge in [-0.3, -0.25) is 4.90 Å². The van der Waals surface area contributed by atoms with Crippen LogP contribution in [-0.2, 0) is 0 Å². The van der Waals surface area contributed by atoms with Crippen LogP contribution in [0.15, 0.2) is 28.3 Å². The van der Waals surface area contributed by atoms with Crippen LogP contribution < -0.4 is 5.32 Å². The van der Waals surface area contributed by atoms with E-state index in [1.54, 1.807) is 0 Å². The van der Waals surface area contributed by atoms with Gasteiger partial charge < -0.3 is 5.32 Å². The van der Waals surface area contributed by atoms with Crippen LogP contribution in [0.4, 0.5) is 14.5 Å². The number of nitrogens with zero attached hydrogens (tertiary/aromatic N) is 1. The molecular formula is C16H21BrF2N2. The first-order valence-corrected chi connectivity index (χ1v) is 8.02. The van der Waals surface area contributed by atoms with E-state index in [4.69, 9.17) is 0 Å². The number of anilines is 1. The molecule has 1 N–H and O–H groups in total. The molecule has 5 heteroatoms. The molecule has 0 spiro atoms. The number of piperidine rings is 1. The molecule has 0 bridgehead atoms. The van der Waals surface area contributed by atoms with Crippen LogP contribution in [0.5, 0.6) is 0 Å². The summed E-state index contributed by atoms with van der Waals surface area (Å²) < 4.78 is 27.3. The second-order valence-corrected chi connectivity index (χ2v) is 6.60. The van der Waals surface area contributed by atoms with E-state index in [0.29, 0.717) is 10.2 Å². The average molecular weight is 359 g/mol. The first kappa shape index (κ1) is 16.4. The molecule has 0 atom stereocenters. The SMILES string of the molecule is CC(C)=CCN1CCC(Nc2c(F)cc(F)cc2Br)CC1. The van der Waals surface area contributed by atoms with Crippen molar-refractivity contribution in [1.82, 2.24) is 4.90 Å². The van der Waals surface area contributed by atoms with Crippen LogP contribution >= 0.6 is 15.9 Å². The Balaban J connectivity index is 1.91. The Morgan fingerprint density at radius 3 is 2.57 bits per heavy atom. The lowest BCUT2D eigenvalue weighted by Gasteiger charge is -2.32. The Labute approximate surface area is 133 Å². The predicted molar refractivity (Wildman–Crippen MR) is 86.6 cm³/mol. The Morgan fingerprint density at radius 1 is 1.33 bits per heavy atom. The minimum absolute atomic E-state index is 0.226. The van der Waals surface area contributed by atoms with Crippen molar-refractivity contribution in [2.75, 3.05) is 25.0 Å². The highest BCUT2D eigenvalue weighted by atomic mass is 79.9. The van der Waals surface area contributed by atoms with Crippen molar-refractivity contribution in [3.63, 3.8) is 0 Å². The molecule has 1 saturated heterocycles. The maximum absolute atomic E-state index is 13.8. The van der Waals surface area contributed by atoms with E-state index in [2.05, 4.69) is 46.1 Å². The van der Waals surface area contributed by atoms with Crippen molar-refractivity contribution >= 4 is 21.6 Å². The number of nitrogens with one attached hydrogen (secondary N) is 1. The van der Waals surface area contributed by atoms with Gasteiger partial charge >= 0.3 is 0 Å². The van der Waals surface area contributed by atoms with Crippen LogP contribution in [0.2, 0.25) is 0 Å². The summed E-state index contributed by atoms with van der Waals surface area (Å²) in [6.45, 7) is 7.15. The Hall–Kier alpha value is -0.940. The molecule has 0 aliphatic carbocycles. The smallest absolute Gasteiger partial charge is 0.150 e. The number of benzene rings is 1. The summed E-state index contributed by atoms with van der Waals surface area (Å²) in [5, 5.41) is 3.20. The van der Waals surface area contributed by atoms with Gasteiger partial charge in [-0.15, -0.1) is 0 Å². The van der Waals surface area contributed by atoms with Gasteiger partial charge in [-0.05, 0) is 48.7 Å². The van der Waals surface area contributed by atoms with E-state index < -0.39 is 11.6 Å². The van der Waals surface area contributed by atoms with Gasteiger partial charge in [0.05, 0.1) is 5.69 Å². The topological polar surface area (TPSA) is 15.3 Å². The molecule has 0 radical (unpaired) electrons. The predicted octanol–water partition coefficient (Wildman–Crippen LogP) is 4.57. The third-order valence-corrected chi connectivity index (χ3v) is 4.33. The molecule has 2 rings (SSSR count). The minimum Gasteiger partial charge on any atom is -0.379 e. The van der Waals surface area contributed by atoms with Crippen molar-refractivity contribution in [2.45, 2.75) is 32.7 Å². The fourth-order valence-corrected chi connectivity index (χ4v) is 2.98. The second kappa shape index (κ2) is 7.36. The number of likely N-dealkylation sites (tertiary alicyclic amines) is 1. The lowest BCUT2D eigenvalue weighted by molar-refractivity contribution is 0.239. The van der Waals surface area contributed by atoms with E-state index >= 15 is 0 Å². The molecule has 0 unspecified atom stereocenters. The van der Waals surface area contributed by atoms with E-state index in [9.17, 15) is 8.78 Å². The lowest BCUT2D eigenvalue weighted by atomic mass is 10.0. The molecule has 21 heavy (non-hydrogen) atoms. The fourth-order valence-electron chi connectivity index (χ4n) is 2.46. The normalized spacial score (nSPS) is 16.8. The van der Waals surface area contributed by atoms with Crippen molar-refractivity contribution in [3.05, 3.63) is 39.9 Å². The summed E-state index contributed by atoms with van der Waals surface area (Å²) in [6, 6.07) is 2.43. The zero-order valence-corrected chi connectivity index (χ0v) is 14.0. The van der Waals surface area contributed by atoms with E-state index in [1.807, 2.05) is 0 Å². The summed E-state index contributed by atoms with van der Waals surface area (Å²) in [5.41, 5.74) is 1.69. The number of rotatable bonds is 4. The van der Waals surface area contributed by atoms with E-state index in [-0.39, 0.29) is 6.04 Å². The third-order valence-electron chi connectivity index (χ3n) is 3.70. The molecule has 116 valence electrons. The van der Waals surface area contributed by atoms with Gasteiger partial charge in [-0.25, -0.2) is 8.78 Å². The highest BCUT2D eigenvalue weighted by Crippen LogP contribution is 2.29. The molecule has 0 aromatic heterocycles. The molecule has 1 fully saturated rings. The highest BCUT2D eigenvalue weighted by Gasteiger charge is 2.20. The standard InChI is InChI=1S/C16H21BrF2N2/c1-11(2)3-6-21-7-4-13(5-8-21)20-16-14(17)9-12(18)10-15(16)19/h3,9-10,13,20H,4-8H2,1-2H3. The number of halogens is 3. The van der Waals surface area contributed by atoms with Crippen molar-refractivity contribution < 1.29 is 8.78 Å². The van der Waals surface area contributed by atoms with Crippen LogP contribution in [0.3, 0.4) is 0 Å². The van der Waals surface area contributed by atoms with Crippen LogP contribution in [0.25, 0.3) is 0 Å². The zero-order chi connectivity index (χ0) is 15.4. The second-order valence-electron chi connectivity index (χ2n) is 5.75. The summed E-state index contributed by atoms with van der Waals surface area (Å²) in [4.78, 5) is 2.39. The largest absolute Gasteiger partial charge is 0.379 e. The highest BCUT2D eigenvalue weighted by molar-refractivity contribution is 9.10. The van der Waals surface area contributed by atoms with E-state index in [1.165, 1.54) is 11.6 Å². The molecular weight excluding hydrogens is 338 g/mol.